The lowest BCUT2D eigenvalue weighted by Crippen LogP contribution is -2.30. The monoisotopic (exact) mass is 314 g/mol. The number of aromatic nitrogens is 1. The molecule has 0 atom stereocenters. The minimum atomic E-state index is -0.248. The summed E-state index contributed by atoms with van der Waals surface area (Å²) >= 11 is 1.55. The molecule has 1 aliphatic heterocycles. The molecule has 0 N–H and O–H groups in total. The van der Waals surface area contributed by atoms with Crippen molar-refractivity contribution in [2.75, 3.05) is 18.6 Å². The SMILES string of the molecule is COc1ccc2c(c1)CCN(c1nc3c(F)cccc3s1)C2. The lowest BCUT2D eigenvalue weighted by Gasteiger charge is -2.28. The molecular formula is C17H15FN2OS. The molecule has 1 aromatic heterocycles. The lowest BCUT2D eigenvalue weighted by molar-refractivity contribution is 0.414. The Morgan fingerprint density at radius 2 is 2.14 bits per heavy atom. The van der Waals surface area contributed by atoms with Crippen LogP contribution in [0.15, 0.2) is 36.4 Å². The van der Waals surface area contributed by atoms with Gasteiger partial charge >= 0.3 is 0 Å². The van der Waals surface area contributed by atoms with Gasteiger partial charge in [-0.05, 0) is 41.8 Å². The Morgan fingerprint density at radius 1 is 1.23 bits per heavy atom. The van der Waals surface area contributed by atoms with Crippen molar-refractivity contribution in [1.82, 2.24) is 4.98 Å². The van der Waals surface area contributed by atoms with Crippen LogP contribution in [0.4, 0.5) is 9.52 Å². The van der Waals surface area contributed by atoms with E-state index in [1.165, 1.54) is 17.2 Å². The van der Waals surface area contributed by atoms with Crippen LogP contribution >= 0.6 is 11.3 Å². The van der Waals surface area contributed by atoms with Gasteiger partial charge < -0.3 is 9.64 Å². The third kappa shape index (κ3) is 2.22. The van der Waals surface area contributed by atoms with E-state index in [4.69, 9.17) is 4.74 Å². The Labute approximate surface area is 132 Å². The molecule has 1 aliphatic rings. The Balaban J connectivity index is 1.67. The highest BCUT2D eigenvalue weighted by Crippen LogP contribution is 2.33. The summed E-state index contributed by atoms with van der Waals surface area (Å²) in [5.41, 5.74) is 3.08. The Hall–Kier alpha value is -2.14. The number of hydrogen-bond acceptors (Lipinski definition) is 4. The third-order valence-corrected chi connectivity index (χ3v) is 5.14. The molecule has 5 heteroatoms. The average molecular weight is 314 g/mol. The van der Waals surface area contributed by atoms with E-state index in [9.17, 15) is 4.39 Å². The van der Waals surface area contributed by atoms with Crippen molar-refractivity contribution in [1.29, 1.82) is 0 Å². The molecule has 3 aromatic rings. The first-order chi connectivity index (χ1) is 10.7. The van der Waals surface area contributed by atoms with Gasteiger partial charge in [-0.25, -0.2) is 9.37 Å². The smallest absolute Gasteiger partial charge is 0.186 e. The van der Waals surface area contributed by atoms with Gasteiger partial charge in [0.2, 0.25) is 0 Å². The summed E-state index contributed by atoms with van der Waals surface area (Å²) in [6, 6.07) is 11.3. The maximum Gasteiger partial charge on any atom is 0.186 e. The first-order valence-corrected chi connectivity index (χ1v) is 8.02. The van der Waals surface area contributed by atoms with Gasteiger partial charge in [-0.2, -0.15) is 0 Å². The molecule has 0 amide bonds. The zero-order valence-electron chi connectivity index (χ0n) is 12.2. The molecule has 0 unspecified atom stereocenters. The number of anilines is 1. The van der Waals surface area contributed by atoms with Crippen molar-refractivity contribution in [2.45, 2.75) is 13.0 Å². The molecular weight excluding hydrogens is 299 g/mol. The van der Waals surface area contributed by atoms with Gasteiger partial charge in [-0.15, -0.1) is 0 Å². The van der Waals surface area contributed by atoms with Crippen LogP contribution in [0.3, 0.4) is 0 Å². The van der Waals surface area contributed by atoms with E-state index < -0.39 is 0 Å². The highest BCUT2D eigenvalue weighted by Gasteiger charge is 2.20. The fraction of sp³-hybridized carbons (Fsp3) is 0.235. The van der Waals surface area contributed by atoms with Crippen molar-refractivity contribution in [3.63, 3.8) is 0 Å². The highest BCUT2D eigenvalue weighted by molar-refractivity contribution is 7.22. The fourth-order valence-corrected chi connectivity index (χ4v) is 3.86. The van der Waals surface area contributed by atoms with Crippen LogP contribution in [0.1, 0.15) is 11.1 Å². The lowest BCUT2D eigenvalue weighted by atomic mass is 10.00. The number of fused-ring (bicyclic) bond motifs is 2. The van der Waals surface area contributed by atoms with Crippen LogP contribution in [-0.4, -0.2) is 18.6 Å². The first kappa shape index (κ1) is 13.5. The van der Waals surface area contributed by atoms with Crippen LogP contribution in [0.25, 0.3) is 10.2 Å². The summed E-state index contributed by atoms with van der Waals surface area (Å²) in [5, 5.41) is 0.890. The second kappa shape index (κ2) is 5.25. The summed E-state index contributed by atoms with van der Waals surface area (Å²) in [6.45, 7) is 1.70. The summed E-state index contributed by atoms with van der Waals surface area (Å²) in [6.07, 6.45) is 0.949. The highest BCUT2D eigenvalue weighted by atomic mass is 32.1. The van der Waals surface area contributed by atoms with Crippen LogP contribution in [-0.2, 0) is 13.0 Å². The van der Waals surface area contributed by atoms with E-state index in [0.717, 1.165) is 35.1 Å². The number of para-hydroxylation sites is 1. The molecule has 22 heavy (non-hydrogen) atoms. The number of hydrogen-bond donors (Lipinski definition) is 0. The number of methoxy groups -OCH3 is 1. The van der Waals surface area contributed by atoms with Crippen LogP contribution in [0.2, 0.25) is 0 Å². The van der Waals surface area contributed by atoms with E-state index in [-0.39, 0.29) is 5.82 Å². The van der Waals surface area contributed by atoms with Crippen LogP contribution in [0.5, 0.6) is 5.75 Å². The second-order valence-corrected chi connectivity index (χ2v) is 6.40. The fourth-order valence-electron chi connectivity index (χ4n) is 2.86. The van der Waals surface area contributed by atoms with E-state index in [2.05, 4.69) is 22.0 Å². The van der Waals surface area contributed by atoms with Crippen molar-refractivity contribution in [3.8, 4) is 5.75 Å². The molecule has 0 saturated heterocycles. The van der Waals surface area contributed by atoms with Gasteiger partial charge in [0.05, 0.1) is 11.8 Å². The molecule has 3 nitrogen and oxygen atoms in total. The van der Waals surface area contributed by atoms with Crippen molar-refractivity contribution in [2.24, 2.45) is 0 Å². The molecule has 2 heterocycles. The van der Waals surface area contributed by atoms with Gasteiger partial charge in [0.1, 0.15) is 17.1 Å². The van der Waals surface area contributed by atoms with Gasteiger partial charge in [0.25, 0.3) is 0 Å². The summed E-state index contributed by atoms with van der Waals surface area (Å²) in [5.74, 6) is 0.649. The van der Waals surface area contributed by atoms with Crippen LogP contribution < -0.4 is 9.64 Å². The Morgan fingerprint density at radius 3 is 2.95 bits per heavy atom. The Bertz CT molecular complexity index is 846. The Kier molecular flexibility index (Phi) is 3.22. The van der Waals surface area contributed by atoms with E-state index in [0.29, 0.717) is 5.52 Å². The molecule has 2 aromatic carbocycles. The first-order valence-electron chi connectivity index (χ1n) is 7.20. The standard InChI is InChI=1S/C17H15FN2OS/c1-21-13-6-5-12-10-20(8-7-11(12)9-13)17-19-16-14(18)3-2-4-15(16)22-17/h2-6,9H,7-8,10H2,1H3. The van der Waals surface area contributed by atoms with Crippen molar-refractivity contribution in [3.05, 3.63) is 53.3 Å². The van der Waals surface area contributed by atoms with Gasteiger partial charge in [-0.3, -0.25) is 0 Å². The topological polar surface area (TPSA) is 25.4 Å². The van der Waals surface area contributed by atoms with Gasteiger partial charge in [0, 0.05) is 13.1 Å². The van der Waals surface area contributed by atoms with E-state index in [1.807, 2.05) is 12.1 Å². The number of ether oxygens (including phenoxy) is 1. The molecule has 4 rings (SSSR count). The molecule has 0 saturated carbocycles. The number of halogens is 1. The summed E-state index contributed by atoms with van der Waals surface area (Å²) in [4.78, 5) is 6.71. The predicted octanol–water partition coefficient (Wildman–Crippen LogP) is 4.01. The van der Waals surface area contributed by atoms with Crippen molar-refractivity contribution >= 4 is 26.7 Å². The molecule has 0 aliphatic carbocycles. The predicted molar refractivity (Wildman–Crippen MR) is 87.3 cm³/mol. The molecule has 0 fully saturated rings. The average Bonchev–Trinajstić information content (AvgIpc) is 2.99. The maximum atomic E-state index is 13.8. The molecule has 0 radical (unpaired) electrons. The number of nitrogens with zero attached hydrogens (tertiary/aromatic N) is 2. The van der Waals surface area contributed by atoms with Crippen LogP contribution in [0, 0.1) is 5.82 Å². The maximum absolute atomic E-state index is 13.8. The zero-order chi connectivity index (χ0) is 15.1. The largest absolute Gasteiger partial charge is 0.497 e. The van der Waals surface area contributed by atoms with Gasteiger partial charge in [-0.1, -0.05) is 23.5 Å². The molecule has 112 valence electrons. The quantitative estimate of drug-likeness (QED) is 0.715. The summed E-state index contributed by atoms with van der Waals surface area (Å²) < 4.78 is 20.0. The van der Waals surface area contributed by atoms with E-state index >= 15 is 0 Å². The third-order valence-electron chi connectivity index (χ3n) is 4.05. The second-order valence-electron chi connectivity index (χ2n) is 5.39. The minimum absolute atomic E-state index is 0.248. The van der Waals surface area contributed by atoms with E-state index in [1.54, 1.807) is 24.5 Å². The minimum Gasteiger partial charge on any atom is -0.497 e. The van der Waals surface area contributed by atoms with Gasteiger partial charge in [0.15, 0.2) is 5.13 Å². The molecule has 0 bridgehead atoms. The zero-order valence-corrected chi connectivity index (χ0v) is 13.0. The number of benzene rings is 2. The number of rotatable bonds is 2. The normalized spacial score (nSPS) is 14.2. The number of thiazole rings is 1. The van der Waals surface area contributed by atoms with Crippen molar-refractivity contribution < 1.29 is 9.13 Å². The molecule has 0 spiro atoms. The summed E-state index contributed by atoms with van der Waals surface area (Å²) in [7, 11) is 1.69.